The van der Waals surface area contributed by atoms with Crippen LogP contribution >= 0.6 is 11.9 Å². The molecule has 0 bridgehead atoms. The molecule has 11 heteroatoms. The largest absolute Gasteiger partial charge is 0.483 e. The molecule has 2 N–H and O–H groups in total. The molecule has 36 heavy (non-hydrogen) atoms. The van der Waals surface area contributed by atoms with E-state index in [2.05, 4.69) is 30.2 Å². The lowest BCUT2D eigenvalue weighted by Gasteiger charge is -2.39. The number of fused-ring (bicyclic) bond motifs is 1. The maximum absolute atomic E-state index is 13.6. The quantitative estimate of drug-likeness (QED) is 0.324. The molecule has 1 unspecified atom stereocenters. The van der Waals surface area contributed by atoms with Crippen LogP contribution in [-0.4, -0.2) is 75.2 Å². The highest BCUT2D eigenvalue weighted by atomic mass is 32.2. The van der Waals surface area contributed by atoms with E-state index in [0.29, 0.717) is 36.5 Å². The summed E-state index contributed by atoms with van der Waals surface area (Å²) >= 11 is 1.54. The summed E-state index contributed by atoms with van der Waals surface area (Å²) < 4.78 is 6.64. The average Bonchev–Trinajstić information content (AvgIpc) is 3.43. The van der Waals surface area contributed by atoms with Gasteiger partial charge in [0.05, 0.1) is 16.9 Å². The molecule has 1 amide bonds. The van der Waals surface area contributed by atoms with Crippen LogP contribution in [0.2, 0.25) is 0 Å². The summed E-state index contributed by atoms with van der Waals surface area (Å²) in [6.07, 6.45) is 4.60. The third-order valence-corrected chi connectivity index (χ3v) is 8.29. The van der Waals surface area contributed by atoms with E-state index in [1.54, 1.807) is 21.4 Å². The number of hydrogen-bond acceptors (Lipinski definition) is 7. The van der Waals surface area contributed by atoms with Crippen LogP contribution < -0.4 is 16.0 Å². The molecule has 2 aromatic rings. The second kappa shape index (κ2) is 10.6. The van der Waals surface area contributed by atoms with Crippen molar-refractivity contribution in [3.63, 3.8) is 0 Å². The Balaban J connectivity index is 0.000000967. The van der Waals surface area contributed by atoms with Crippen molar-refractivity contribution in [3.8, 4) is 0 Å². The molecular formula is C25H33N5O5S. The molecule has 0 spiro atoms. The Morgan fingerprint density at radius 1 is 1.28 bits per heavy atom. The van der Waals surface area contributed by atoms with E-state index in [0.717, 1.165) is 37.2 Å². The van der Waals surface area contributed by atoms with E-state index in [4.69, 9.17) is 9.90 Å². The molecule has 3 heterocycles. The number of carboxylic acid groups (broad SMARTS) is 1. The summed E-state index contributed by atoms with van der Waals surface area (Å²) in [6, 6.07) is 5.49. The normalized spacial score (nSPS) is 20.9. The van der Waals surface area contributed by atoms with Crippen molar-refractivity contribution >= 4 is 35.2 Å². The third kappa shape index (κ3) is 5.42. The van der Waals surface area contributed by atoms with Gasteiger partial charge in [0, 0.05) is 36.6 Å². The van der Waals surface area contributed by atoms with E-state index >= 15 is 0 Å². The van der Waals surface area contributed by atoms with Crippen molar-refractivity contribution in [1.82, 2.24) is 23.7 Å². The number of likely N-dealkylation sites (tertiary alicyclic amines) is 2. The van der Waals surface area contributed by atoms with Gasteiger partial charge in [-0.3, -0.25) is 28.2 Å². The van der Waals surface area contributed by atoms with Crippen molar-refractivity contribution in [3.05, 3.63) is 51.7 Å². The predicted octanol–water partition coefficient (Wildman–Crippen LogP) is 1.53. The lowest BCUT2D eigenvalue weighted by Crippen LogP contribution is -2.56. The van der Waals surface area contributed by atoms with Gasteiger partial charge < -0.3 is 14.9 Å². The molecule has 10 nitrogen and oxygen atoms in total. The van der Waals surface area contributed by atoms with Crippen LogP contribution in [-0.2, 0) is 16.1 Å². The van der Waals surface area contributed by atoms with Gasteiger partial charge in [0.1, 0.15) is 0 Å². The van der Waals surface area contributed by atoms with E-state index in [1.807, 2.05) is 18.2 Å². The van der Waals surface area contributed by atoms with Gasteiger partial charge in [0.15, 0.2) is 0 Å². The Kier molecular flexibility index (Phi) is 7.72. The first kappa shape index (κ1) is 26.2. The number of nitrogens with zero attached hydrogens (tertiary/aromatic N) is 4. The lowest BCUT2D eigenvalue weighted by molar-refractivity contribution is -0.131. The minimum atomic E-state index is -0.310. The van der Waals surface area contributed by atoms with Crippen LogP contribution in [0, 0.1) is 5.92 Å². The van der Waals surface area contributed by atoms with Gasteiger partial charge in [-0.2, -0.15) is 0 Å². The summed E-state index contributed by atoms with van der Waals surface area (Å²) in [6.45, 7) is 8.72. The lowest BCUT2D eigenvalue weighted by atomic mass is 10.1. The van der Waals surface area contributed by atoms with Crippen molar-refractivity contribution in [2.24, 2.45) is 5.92 Å². The zero-order valence-electron chi connectivity index (χ0n) is 20.7. The highest BCUT2D eigenvalue weighted by Crippen LogP contribution is 2.37. The average molecular weight is 516 g/mol. The van der Waals surface area contributed by atoms with Crippen LogP contribution in [0.1, 0.15) is 32.2 Å². The fraction of sp³-hybridized carbons (Fsp3) is 0.520. The summed E-state index contributed by atoms with van der Waals surface area (Å²) in [5, 5.41) is 7.45. The molecule has 0 radical (unpaired) electrons. The topological polar surface area (TPSA) is 117 Å². The Hall–Kier alpha value is -2.89. The highest BCUT2D eigenvalue weighted by Gasteiger charge is 2.37. The number of benzene rings is 1. The monoisotopic (exact) mass is 515 g/mol. The Morgan fingerprint density at radius 3 is 2.56 bits per heavy atom. The van der Waals surface area contributed by atoms with E-state index in [1.165, 1.54) is 10.6 Å². The second-order valence-electron chi connectivity index (χ2n) is 10.1. The van der Waals surface area contributed by atoms with E-state index < -0.39 is 0 Å². The summed E-state index contributed by atoms with van der Waals surface area (Å²) in [7, 11) is 2.10. The minimum absolute atomic E-state index is 0.167. The molecule has 3 fully saturated rings. The number of carbonyl (C=O) groups is 2. The molecule has 194 valence electrons. The Morgan fingerprint density at radius 2 is 1.97 bits per heavy atom. The van der Waals surface area contributed by atoms with Crippen LogP contribution in [0.4, 0.5) is 0 Å². The zero-order chi connectivity index (χ0) is 26.0. The SMILES string of the molecule is C=CC(=O)N1CC(n2c(=O)c3cc(SNC4(C)CC4)ccc3n(CC3CCN(C)C3)c2=O)C1.O=CO. The third-order valence-electron chi connectivity index (χ3n) is 7.20. The van der Waals surface area contributed by atoms with Gasteiger partial charge in [-0.05, 0) is 81.9 Å². The molecule has 1 atom stereocenters. The van der Waals surface area contributed by atoms with Crippen molar-refractivity contribution in [1.29, 1.82) is 0 Å². The zero-order valence-corrected chi connectivity index (χ0v) is 21.5. The first-order valence-corrected chi connectivity index (χ1v) is 12.9. The summed E-state index contributed by atoms with van der Waals surface area (Å²) in [5.74, 6) is 0.195. The molecule has 1 aromatic carbocycles. The van der Waals surface area contributed by atoms with E-state index in [9.17, 15) is 14.4 Å². The molecule has 1 aromatic heterocycles. The fourth-order valence-electron chi connectivity index (χ4n) is 4.77. The number of nitrogens with one attached hydrogen (secondary N) is 1. The number of hydrogen-bond donors (Lipinski definition) is 2. The molecule has 2 saturated heterocycles. The fourth-order valence-corrected chi connectivity index (χ4v) is 5.65. The maximum Gasteiger partial charge on any atom is 0.331 e. The standard InChI is InChI=1S/C24H31N5O3S.CH2O2/c1-4-21(30)27-14-17(15-27)29-22(31)19-11-18(33-25-24(2)8-9-24)5-6-20(19)28(23(29)32)13-16-7-10-26(3)12-16;2-1-3/h4-6,11,16-17,25H,1,7-10,12-15H2,2-3H3;1H,(H,2,3). The van der Waals surface area contributed by atoms with Gasteiger partial charge in [0.25, 0.3) is 12.0 Å². The van der Waals surface area contributed by atoms with Gasteiger partial charge in [-0.15, -0.1) is 0 Å². The maximum atomic E-state index is 13.6. The molecule has 1 saturated carbocycles. The van der Waals surface area contributed by atoms with Gasteiger partial charge in [0.2, 0.25) is 5.91 Å². The van der Waals surface area contributed by atoms with Crippen molar-refractivity contribution in [2.45, 2.75) is 49.2 Å². The van der Waals surface area contributed by atoms with Crippen LogP contribution in [0.3, 0.4) is 0 Å². The summed E-state index contributed by atoms with van der Waals surface area (Å²) in [5.41, 5.74) is 0.309. The Bertz CT molecular complexity index is 1280. The second-order valence-corrected chi connectivity index (χ2v) is 11.0. The molecule has 1 aliphatic carbocycles. The smallest absolute Gasteiger partial charge is 0.331 e. The molecule has 2 aliphatic heterocycles. The number of rotatable bonds is 7. The number of amides is 1. The van der Waals surface area contributed by atoms with Crippen LogP contribution in [0.25, 0.3) is 10.9 Å². The highest BCUT2D eigenvalue weighted by molar-refractivity contribution is 7.97. The molecule has 3 aliphatic rings. The van der Waals surface area contributed by atoms with Crippen molar-refractivity contribution in [2.75, 3.05) is 33.2 Å². The Labute approximate surface area is 213 Å². The number of carbonyl (C=O) groups excluding carboxylic acids is 1. The first-order chi connectivity index (χ1) is 17.2. The summed E-state index contributed by atoms with van der Waals surface area (Å²) in [4.78, 5) is 52.2. The molecular weight excluding hydrogens is 482 g/mol. The van der Waals surface area contributed by atoms with Gasteiger partial charge >= 0.3 is 5.69 Å². The van der Waals surface area contributed by atoms with Crippen molar-refractivity contribution < 1.29 is 14.7 Å². The van der Waals surface area contributed by atoms with Crippen LogP contribution in [0.5, 0.6) is 0 Å². The first-order valence-electron chi connectivity index (χ1n) is 12.1. The number of aromatic nitrogens is 2. The van der Waals surface area contributed by atoms with E-state index in [-0.39, 0.29) is 35.2 Å². The predicted molar refractivity (Wildman–Crippen MR) is 139 cm³/mol. The minimum Gasteiger partial charge on any atom is -0.483 e. The van der Waals surface area contributed by atoms with Gasteiger partial charge in [-0.1, -0.05) is 6.58 Å². The molecule has 5 rings (SSSR count). The van der Waals surface area contributed by atoms with Gasteiger partial charge in [-0.25, -0.2) is 4.79 Å². The van der Waals surface area contributed by atoms with Crippen LogP contribution in [0.15, 0.2) is 45.3 Å².